The molecule has 6 heteroatoms. The van der Waals surface area contributed by atoms with Gasteiger partial charge in [0.15, 0.2) is 0 Å². The van der Waals surface area contributed by atoms with Gasteiger partial charge in [-0.3, -0.25) is 0 Å². The Morgan fingerprint density at radius 3 is 3.10 bits per heavy atom. The Labute approximate surface area is 120 Å². The highest BCUT2D eigenvalue weighted by molar-refractivity contribution is 7.10. The number of anilines is 1. The maximum absolute atomic E-state index is 11.2. The topological polar surface area (TPSA) is 71.5 Å². The van der Waals surface area contributed by atoms with E-state index in [0.717, 1.165) is 12.2 Å². The number of ether oxygens (including phenoxy) is 1. The van der Waals surface area contributed by atoms with Gasteiger partial charge < -0.3 is 15.2 Å². The van der Waals surface area contributed by atoms with Crippen LogP contribution in [-0.4, -0.2) is 28.1 Å². The fourth-order valence-electron chi connectivity index (χ4n) is 2.32. The number of hydrogen-bond donors (Lipinski definition) is 2. The van der Waals surface area contributed by atoms with Gasteiger partial charge in [-0.15, -0.1) is 0 Å². The van der Waals surface area contributed by atoms with Crippen molar-refractivity contribution in [3.8, 4) is 5.75 Å². The summed E-state index contributed by atoms with van der Waals surface area (Å²) in [5, 5.41) is 12.9. The molecule has 2 N–H and O–H groups in total. The van der Waals surface area contributed by atoms with E-state index in [-0.39, 0.29) is 11.7 Å². The van der Waals surface area contributed by atoms with Crippen molar-refractivity contribution in [1.29, 1.82) is 0 Å². The van der Waals surface area contributed by atoms with E-state index in [1.807, 2.05) is 18.2 Å². The number of hydrogen-bond acceptors (Lipinski definition) is 5. The SMILES string of the molecule is Cc1nsc(NCC2Cc3ccccc3O2)c1C(=O)O. The van der Waals surface area contributed by atoms with Gasteiger partial charge in [0.05, 0.1) is 12.2 Å². The number of aryl methyl sites for hydroxylation is 1. The molecule has 1 atom stereocenters. The molecule has 0 fully saturated rings. The van der Waals surface area contributed by atoms with Crippen LogP contribution in [0.15, 0.2) is 24.3 Å². The van der Waals surface area contributed by atoms with Crippen molar-refractivity contribution in [2.45, 2.75) is 19.4 Å². The van der Waals surface area contributed by atoms with Crippen LogP contribution < -0.4 is 10.1 Å². The summed E-state index contributed by atoms with van der Waals surface area (Å²) >= 11 is 1.17. The van der Waals surface area contributed by atoms with Gasteiger partial charge >= 0.3 is 5.97 Å². The minimum Gasteiger partial charge on any atom is -0.488 e. The van der Waals surface area contributed by atoms with E-state index in [1.54, 1.807) is 6.92 Å². The molecule has 2 aromatic rings. The first-order valence-corrected chi connectivity index (χ1v) is 7.10. The number of fused-ring (bicyclic) bond motifs is 1. The van der Waals surface area contributed by atoms with Crippen LogP contribution in [0.25, 0.3) is 0 Å². The molecule has 0 saturated heterocycles. The predicted molar refractivity (Wildman–Crippen MR) is 76.9 cm³/mol. The highest BCUT2D eigenvalue weighted by Gasteiger charge is 2.24. The quantitative estimate of drug-likeness (QED) is 0.905. The molecule has 0 saturated carbocycles. The summed E-state index contributed by atoms with van der Waals surface area (Å²) in [6.07, 6.45) is 0.861. The molecule has 0 radical (unpaired) electrons. The highest BCUT2D eigenvalue weighted by Crippen LogP contribution is 2.29. The van der Waals surface area contributed by atoms with Gasteiger partial charge in [0, 0.05) is 6.42 Å². The number of carbonyl (C=O) groups is 1. The van der Waals surface area contributed by atoms with E-state index in [9.17, 15) is 4.79 Å². The maximum atomic E-state index is 11.2. The lowest BCUT2D eigenvalue weighted by atomic mass is 10.1. The lowest BCUT2D eigenvalue weighted by molar-refractivity contribution is 0.0697. The Bertz CT molecular complexity index is 629. The molecule has 5 nitrogen and oxygen atoms in total. The molecule has 1 aliphatic heterocycles. The largest absolute Gasteiger partial charge is 0.488 e. The van der Waals surface area contributed by atoms with Crippen LogP contribution in [-0.2, 0) is 6.42 Å². The van der Waals surface area contributed by atoms with E-state index in [1.165, 1.54) is 17.1 Å². The average molecular weight is 290 g/mol. The molecule has 1 aromatic carbocycles. The third-order valence-corrected chi connectivity index (χ3v) is 4.18. The van der Waals surface area contributed by atoms with E-state index in [4.69, 9.17) is 9.84 Å². The summed E-state index contributed by atoms with van der Waals surface area (Å²) in [5.41, 5.74) is 1.99. The van der Waals surface area contributed by atoms with Crippen LogP contribution in [0.3, 0.4) is 0 Å². The number of aromatic carboxylic acids is 1. The molecule has 20 heavy (non-hydrogen) atoms. The zero-order valence-electron chi connectivity index (χ0n) is 10.9. The molecular formula is C14H14N2O3S. The fraction of sp³-hybridized carbons (Fsp3) is 0.286. The molecule has 1 aliphatic rings. The number of benzene rings is 1. The first kappa shape index (κ1) is 12.9. The fourth-order valence-corrected chi connectivity index (χ4v) is 3.11. The zero-order chi connectivity index (χ0) is 14.1. The van der Waals surface area contributed by atoms with Crippen molar-refractivity contribution >= 4 is 22.5 Å². The minimum absolute atomic E-state index is 0.0245. The first-order valence-electron chi connectivity index (χ1n) is 6.33. The van der Waals surface area contributed by atoms with Gasteiger partial charge in [-0.2, -0.15) is 4.37 Å². The number of carboxylic acid groups (broad SMARTS) is 1. The second-order valence-corrected chi connectivity index (χ2v) is 5.48. The molecule has 0 amide bonds. The van der Waals surface area contributed by atoms with Gasteiger partial charge in [0.2, 0.25) is 0 Å². The monoisotopic (exact) mass is 290 g/mol. The number of aromatic nitrogens is 1. The van der Waals surface area contributed by atoms with Crippen molar-refractivity contribution in [3.05, 3.63) is 41.1 Å². The van der Waals surface area contributed by atoms with Crippen molar-refractivity contribution in [3.63, 3.8) is 0 Å². The molecule has 1 unspecified atom stereocenters. The predicted octanol–water partition coefficient (Wildman–Crippen LogP) is 2.57. The van der Waals surface area contributed by atoms with E-state index in [2.05, 4.69) is 15.8 Å². The highest BCUT2D eigenvalue weighted by atomic mass is 32.1. The van der Waals surface area contributed by atoms with Crippen LogP contribution in [0, 0.1) is 6.92 Å². The van der Waals surface area contributed by atoms with E-state index >= 15 is 0 Å². The maximum Gasteiger partial charge on any atom is 0.340 e. The standard InChI is InChI=1S/C14H14N2O3S/c1-8-12(14(17)18)13(20-16-8)15-7-10-6-9-4-2-3-5-11(9)19-10/h2-5,10,15H,6-7H2,1H3,(H,17,18). The van der Waals surface area contributed by atoms with Crippen LogP contribution >= 0.6 is 11.5 Å². The molecule has 0 spiro atoms. The second-order valence-electron chi connectivity index (χ2n) is 4.71. The van der Waals surface area contributed by atoms with Gasteiger partial charge in [-0.05, 0) is 30.1 Å². The number of nitrogens with zero attached hydrogens (tertiary/aromatic N) is 1. The molecule has 2 heterocycles. The summed E-state index contributed by atoms with van der Waals surface area (Å²) in [4.78, 5) is 11.2. The van der Waals surface area contributed by atoms with Gasteiger partial charge in [0.25, 0.3) is 0 Å². The minimum atomic E-state index is -0.950. The smallest absolute Gasteiger partial charge is 0.340 e. The Hall–Kier alpha value is -2.08. The second kappa shape index (κ2) is 5.13. The zero-order valence-corrected chi connectivity index (χ0v) is 11.7. The first-order chi connectivity index (χ1) is 9.65. The van der Waals surface area contributed by atoms with Crippen LogP contribution in [0.4, 0.5) is 5.00 Å². The van der Waals surface area contributed by atoms with Crippen LogP contribution in [0.2, 0.25) is 0 Å². The van der Waals surface area contributed by atoms with Crippen molar-refractivity contribution in [2.75, 3.05) is 11.9 Å². The normalized spacial score (nSPS) is 16.6. The third kappa shape index (κ3) is 2.34. The van der Waals surface area contributed by atoms with Crippen molar-refractivity contribution < 1.29 is 14.6 Å². The van der Waals surface area contributed by atoms with Crippen LogP contribution in [0.1, 0.15) is 21.6 Å². The molecule has 104 valence electrons. The summed E-state index contributed by atoms with van der Waals surface area (Å²) in [5.74, 6) is -0.0346. The number of para-hydroxylation sites is 1. The van der Waals surface area contributed by atoms with E-state index in [0.29, 0.717) is 17.2 Å². The Balaban J connectivity index is 1.66. The summed E-state index contributed by atoms with van der Waals surface area (Å²) < 4.78 is 9.89. The molecule has 3 rings (SSSR count). The lowest BCUT2D eigenvalue weighted by Gasteiger charge is -2.12. The lowest BCUT2D eigenvalue weighted by Crippen LogP contribution is -2.24. The number of nitrogens with one attached hydrogen (secondary N) is 1. The summed E-state index contributed by atoms with van der Waals surface area (Å²) in [6, 6.07) is 7.94. The third-order valence-electron chi connectivity index (χ3n) is 3.28. The molecule has 0 bridgehead atoms. The molecule has 0 aliphatic carbocycles. The molecule has 1 aromatic heterocycles. The van der Waals surface area contributed by atoms with Gasteiger partial charge in [0.1, 0.15) is 22.4 Å². The molecular weight excluding hydrogens is 276 g/mol. The van der Waals surface area contributed by atoms with Crippen LogP contribution in [0.5, 0.6) is 5.75 Å². The van der Waals surface area contributed by atoms with Crippen molar-refractivity contribution in [1.82, 2.24) is 4.37 Å². The average Bonchev–Trinajstić information content (AvgIpc) is 2.99. The van der Waals surface area contributed by atoms with Gasteiger partial charge in [-0.1, -0.05) is 18.2 Å². The Kier molecular flexibility index (Phi) is 3.31. The van der Waals surface area contributed by atoms with E-state index < -0.39 is 5.97 Å². The summed E-state index contributed by atoms with van der Waals surface area (Å²) in [7, 11) is 0. The summed E-state index contributed by atoms with van der Waals surface area (Å²) in [6.45, 7) is 2.27. The van der Waals surface area contributed by atoms with Crippen molar-refractivity contribution in [2.24, 2.45) is 0 Å². The Morgan fingerprint density at radius 2 is 2.35 bits per heavy atom. The Morgan fingerprint density at radius 1 is 1.55 bits per heavy atom. The van der Waals surface area contributed by atoms with Gasteiger partial charge in [-0.25, -0.2) is 4.79 Å². The number of carboxylic acids is 1. The number of rotatable bonds is 4.